The Labute approximate surface area is 154 Å². The second kappa shape index (κ2) is 5.91. The van der Waals surface area contributed by atoms with Crippen LogP contribution in [-0.2, 0) is 11.3 Å². The van der Waals surface area contributed by atoms with E-state index in [0.717, 1.165) is 49.6 Å². The molecule has 1 aromatic carbocycles. The van der Waals surface area contributed by atoms with Crippen molar-refractivity contribution >= 4 is 0 Å². The number of likely N-dealkylation sites (tertiary alicyclic amines) is 1. The summed E-state index contributed by atoms with van der Waals surface area (Å²) >= 11 is 0. The molecule has 5 rings (SSSR count). The first-order valence-corrected chi connectivity index (χ1v) is 9.72. The largest absolute Gasteiger partial charge is 0.396 e. The van der Waals surface area contributed by atoms with Gasteiger partial charge in [0.2, 0.25) is 0 Å². The normalized spacial score (nSPS) is 33.1. The van der Waals surface area contributed by atoms with Crippen molar-refractivity contribution in [2.75, 3.05) is 19.7 Å². The Morgan fingerprint density at radius 1 is 1.31 bits per heavy atom. The van der Waals surface area contributed by atoms with Gasteiger partial charge in [-0.3, -0.25) is 4.90 Å². The first-order chi connectivity index (χ1) is 12.6. The maximum absolute atomic E-state index is 9.82. The lowest BCUT2D eigenvalue weighted by Gasteiger charge is -2.28. The van der Waals surface area contributed by atoms with Crippen molar-refractivity contribution in [3.05, 3.63) is 47.3 Å². The molecule has 5 heteroatoms. The predicted molar refractivity (Wildman–Crippen MR) is 99.2 cm³/mol. The summed E-state index contributed by atoms with van der Waals surface area (Å²) in [6.45, 7) is 7.31. The Hall–Kier alpha value is -1.69. The lowest BCUT2D eigenvalue weighted by molar-refractivity contribution is 0.000376. The summed E-state index contributed by atoms with van der Waals surface area (Å²) in [5, 5.41) is 14.5. The van der Waals surface area contributed by atoms with Gasteiger partial charge < -0.3 is 9.84 Å². The van der Waals surface area contributed by atoms with Crippen LogP contribution in [0, 0.1) is 25.7 Å². The highest BCUT2D eigenvalue weighted by Crippen LogP contribution is 2.54. The molecule has 1 aromatic heterocycles. The smallest absolute Gasteiger partial charge is 0.0858 e. The number of fused-ring (bicyclic) bond motifs is 1. The summed E-state index contributed by atoms with van der Waals surface area (Å²) in [6, 6.07) is 10.7. The number of benzene rings is 1. The number of aryl methyl sites for hydroxylation is 2. The fraction of sp³-hybridized carbons (Fsp3) is 0.571. The van der Waals surface area contributed by atoms with E-state index < -0.39 is 0 Å². The number of ether oxygens (including phenoxy) is 1. The molecular formula is C21H27N3O2. The van der Waals surface area contributed by atoms with E-state index in [2.05, 4.69) is 51.9 Å². The maximum Gasteiger partial charge on any atom is 0.0858 e. The molecule has 2 aromatic rings. The van der Waals surface area contributed by atoms with E-state index in [1.165, 1.54) is 5.56 Å². The zero-order chi connectivity index (χ0) is 17.9. The third-order valence-corrected chi connectivity index (χ3v) is 6.69. The van der Waals surface area contributed by atoms with Gasteiger partial charge in [-0.15, -0.1) is 0 Å². The van der Waals surface area contributed by atoms with Crippen LogP contribution in [0.3, 0.4) is 0 Å². The van der Waals surface area contributed by atoms with E-state index in [1.807, 2.05) is 6.92 Å². The van der Waals surface area contributed by atoms with Crippen LogP contribution < -0.4 is 0 Å². The summed E-state index contributed by atoms with van der Waals surface area (Å²) in [5.74, 6) is 0.798. The summed E-state index contributed by atoms with van der Waals surface area (Å²) in [6.07, 6.45) is 2.54. The third-order valence-electron chi connectivity index (χ3n) is 6.69. The molecule has 5 nitrogen and oxygen atoms in total. The molecule has 2 bridgehead atoms. The summed E-state index contributed by atoms with van der Waals surface area (Å²) in [5.41, 5.74) is 4.66. The molecule has 1 N–H and O–H groups in total. The first-order valence-electron chi connectivity index (χ1n) is 9.72. The Bertz CT molecular complexity index is 832. The van der Waals surface area contributed by atoms with Gasteiger partial charge in [0.15, 0.2) is 0 Å². The van der Waals surface area contributed by atoms with Crippen LogP contribution in [0.2, 0.25) is 0 Å². The molecule has 0 aliphatic carbocycles. The van der Waals surface area contributed by atoms with Gasteiger partial charge in [0.1, 0.15) is 0 Å². The lowest BCUT2D eigenvalue weighted by Crippen LogP contribution is -2.37. The molecule has 0 radical (unpaired) electrons. The highest BCUT2D eigenvalue weighted by molar-refractivity contribution is 5.42. The number of rotatable bonds is 4. The van der Waals surface area contributed by atoms with Crippen LogP contribution in [0.1, 0.15) is 29.8 Å². The van der Waals surface area contributed by atoms with Gasteiger partial charge in [0.05, 0.1) is 23.1 Å². The predicted octanol–water partition coefficient (Wildman–Crippen LogP) is 2.46. The first kappa shape index (κ1) is 16.5. The standard InChI is InChI=1S/C21H27N3O2/c1-14-9-15(2)24(22-14)19-6-4-3-5-16(19)10-23-11-18-17(12-25)20-7-8-21(18,13-23)26-20/h3-6,9,17-18,20,25H,7-8,10-13H2,1-2H3/t17-,18+,20+,21+/m0/s1. The van der Waals surface area contributed by atoms with Crippen molar-refractivity contribution < 1.29 is 9.84 Å². The van der Waals surface area contributed by atoms with Crippen molar-refractivity contribution in [2.24, 2.45) is 11.8 Å². The van der Waals surface area contributed by atoms with Crippen LogP contribution in [-0.4, -0.2) is 51.2 Å². The van der Waals surface area contributed by atoms with E-state index in [1.54, 1.807) is 0 Å². The van der Waals surface area contributed by atoms with E-state index >= 15 is 0 Å². The monoisotopic (exact) mass is 353 g/mol. The highest BCUT2D eigenvalue weighted by atomic mass is 16.5. The number of hydrogen-bond acceptors (Lipinski definition) is 4. The number of para-hydroxylation sites is 1. The van der Waals surface area contributed by atoms with E-state index in [9.17, 15) is 5.11 Å². The van der Waals surface area contributed by atoms with E-state index in [4.69, 9.17) is 4.74 Å². The molecule has 3 fully saturated rings. The Morgan fingerprint density at radius 3 is 2.92 bits per heavy atom. The summed E-state index contributed by atoms with van der Waals surface area (Å²) in [4.78, 5) is 2.51. The Morgan fingerprint density at radius 2 is 2.15 bits per heavy atom. The van der Waals surface area contributed by atoms with Gasteiger partial charge in [0.25, 0.3) is 0 Å². The van der Waals surface area contributed by atoms with Crippen molar-refractivity contribution in [1.82, 2.24) is 14.7 Å². The lowest BCUT2D eigenvalue weighted by atomic mass is 9.74. The number of aliphatic hydroxyl groups excluding tert-OH is 1. The number of aliphatic hydroxyl groups is 1. The van der Waals surface area contributed by atoms with Gasteiger partial charge in [-0.2, -0.15) is 5.10 Å². The quantitative estimate of drug-likeness (QED) is 0.917. The van der Waals surface area contributed by atoms with Gasteiger partial charge >= 0.3 is 0 Å². The minimum atomic E-state index is -0.00872. The van der Waals surface area contributed by atoms with Crippen molar-refractivity contribution in [3.63, 3.8) is 0 Å². The van der Waals surface area contributed by atoms with Gasteiger partial charge in [-0.05, 0) is 44.4 Å². The molecule has 0 amide bonds. The number of nitrogens with zero attached hydrogens (tertiary/aromatic N) is 3. The van der Waals surface area contributed by atoms with Gasteiger partial charge in [-0.1, -0.05) is 18.2 Å². The van der Waals surface area contributed by atoms with Crippen molar-refractivity contribution in [1.29, 1.82) is 0 Å². The van der Waals surface area contributed by atoms with Crippen LogP contribution in [0.5, 0.6) is 0 Å². The Kier molecular flexibility index (Phi) is 3.75. The fourth-order valence-electron chi connectivity index (χ4n) is 5.62. The molecule has 4 heterocycles. The molecule has 0 unspecified atom stereocenters. The molecule has 3 aliphatic heterocycles. The number of hydrogen-bond donors (Lipinski definition) is 1. The molecule has 3 aliphatic rings. The molecule has 26 heavy (non-hydrogen) atoms. The average molecular weight is 353 g/mol. The molecule has 0 saturated carbocycles. The van der Waals surface area contributed by atoms with Crippen LogP contribution in [0.15, 0.2) is 30.3 Å². The molecule has 138 valence electrons. The topological polar surface area (TPSA) is 50.5 Å². The second-order valence-corrected chi connectivity index (χ2v) is 8.35. The molecular weight excluding hydrogens is 326 g/mol. The highest BCUT2D eigenvalue weighted by Gasteiger charge is 2.62. The second-order valence-electron chi connectivity index (χ2n) is 8.35. The van der Waals surface area contributed by atoms with E-state index in [0.29, 0.717) is 11.8 Å². The van der Waals surface area contributed by atoms with Gasteiger partial charge in [-0.25, -0.2) is 4.68 Å². The van der Waals surface area contributed by atoms with Crippen LogP contribution in [0.4, 0.5) is 0 Å². The average Bonchev–Trinajstić information content (AvgIpc) is 3.34. The SMILES string of the molecule is Cc1cc(C)n(-c2ccccc2CN2C[C@@H]3[C@H](CO)[C@H]4CC[C@]3(C2)O4)n1. The summed E-state index contributed by atoms with van der Waals surface area (Å²) in [7, 11) is 0. The van der Waals surface area contributed by atoms with Gasteiger partial charge in [0, 0.05) is 43.8 Å². The summed E-state index contributed by atoms with van der Waals surface area (Å²) < 4.78 is 8.43. The van der Waals surface area contributed by atoms with Crippen molar-refractivity contribution in [3.8, 4) is 5.69 Å². The molecule has 1 spiro atoms. The zero-order valence-corrected chi connectivity index (χ0v) is 15.6. The van der Waals surface area contributed by atoms with Crippen LogP contribution in [0.25, 0.3) is 5.69 Å². The van der Waals surface area contributed by atoms with Crippen molar-refractivity contribution in [2.45, 2.75) is 44.9 Å². The Balaban J connectivity index is 1.41. The zero-order valence-electron chi connectivity index (χ0n) is 15.6. The third kappa shape index (κ3) is 2.38. The van der Waals surface area contributed by atoms with Crippen LogP contribution >= 0.6 is 0 Å². The molecule has 4 atom stereocenters. The minimum absolute atomic E-state index is 0.00872. The van der Waals surface area contributed by atoms with E-state index in [-0.39, 0.29) is 18.3 Å². The number of aromatic nitrogens is 2. The maximum atomic E-state index is 9.82. The fourth-order valence-corrected chi connectivity index (χ4v) is 5.62. The minimum Gasteiger partial charge on any atom is -0.396 e. The molecule has 3 saturated heterocycles.